The number of carbonyl (C=O) groups is 1. The van der Waals surface area contributed by atoms with Gasteiger partial charge in [-0.05, 0) is 11.4 Å². The lowest BCUT2D eigenvalue weighted by atomic mass is 9.90. The SMILES string of the molecule is COCCOC1C(=O)CC1OCCc1cccs1. The van der Waals surface area contributed by atoms with Gasteiger partial charge in [0.25, 0.3) is 0 Å². The molecule has 0 saturated heterocycles. The molecule has 18 heavy (non-hydrogen) atoms. The van der Waals surface area contributed by atoms with Crippen molar-refractivity contribution in [1.29, 1.82) is 0 Å². The molecular weight excluding hydrogens is 252 g/mol. The third kappa shape index (κ3) is 3.62. The maximum Gasteiger partial charge on any atom is 0.166 e. The Morgan fingerprint density at radius 3 is 2.89 bits per heavy atom. The summed E-state index contributed by atoms with van der Waals surface area (Å²) in [5.41, 5.74) is 0. The molecule has 1 aromatic rings. The van der Waals surface area contributed by atoms with Crippen LogP contribution in [0.4, 0.5) is 0 Å². The Hall–Kier alpha value is -0.750. The van der Waals surface area contributed by atoms with E-state index in [1.807, 2.05) is 6.07 Å². The van der Waals surface area contributed by atoms with Crippen LogP contribution in [0.1, 0.15) is 11.3 Å². The van der Waals surface area contributed by atoms with Gasteiger partial charge in [0.15, 0.2) is 5.78 Å². The molecule has 4 nitrogen and oxygen atoms in total. The van der Waals surface area contributed by atoms with Crippen LogP contribution in [-0.2, 0) is 25.4 Å². The van der Waals surface area contributed by atoms with Crippen molar-refractivity contribution < 1.29 is 19.0 Å². The summed E-state index contributed by atoms with van der Waals surface area (Å²) in [6.45, 7) is 1.59. The smallest absolute Gasteiger partial charge is 0.166 e. The van der Waals surface area contributed by atoms with Gasteiger partial charge in [-0.3, -0.25) is 4.79 Å². The molecule has 2 unspecified atom stereocenters. The minimum atomic E-state index is -0.386. The van der Waals surface area contributed by atoms with Crippen LogP contribution in [0.25, 0.3) is 0 Å². The normalized spacial score (nSPS) is 23.1. The van der Waals surface area contributed by atoms with Gasteiger partial charge in [0.05, 0.1) is 25.9 Å². The Bertz CT molecular complexity index is 363. The lowest BCUT2D eigenvalue weighted by Crippen LogP contribution is -2.51. The highest BCUT2D eigenvalue weighted by Crippen LogP contribution is 2.23. The van der Waals surface area contributed by atoms with Crippen LogP contribution in [-0.4, -0.2) is 44.9 Å². The van der Waals surface area contributed by atoms with Gasteiger partial charge in [-0.2, -0.15) is 0 Å². The zero-order chi connectivity index (χ0) is 12.8. The van der Waals surface area contributed by atoms with Crippen molar-refractivity contribution in [2.75, 3.05) is 26.9 Å². The van der Waals surface area contributed by atoms with Crippen LogP contribution in [0.5, 0.6) is 0 Å². The van der Waals surface area contributed by atoms with Gasteiger partial charge in [0.2, 0.25) is 0 Å². The summed E-state index contributed by atoms with van der Waals surface area (Å²) in [6.07, 6.45) is 0.910. The van der Waals surface area contributed by atoms with E-state index < -0.39 is 0 Å². The van der Waals surface area contributed by atoms with Crippen molar-refractivity contribution in [3.05, 3.63) is 22.4 Å². The van der Waals surface area contributed by atoms with E-state index in [4.69, 9.17) is 14.2 Å². The molecule has 0 spiro atoms. The van der Waals surface area contributed by atoms with Crippen LogP contribution in [0.3, 0.4) is 0 Å². The van der Waals surface area contributed by atoms with Crippen LogP contribution in [0.15, 0.2) is 17.5 Å². The largest absolute Gasteiger partial charge is 0.382 e. The van der Waals surface area contributed by atoms with Crippen molar-refractivity contribution in [2.45, 2.75) is 25.0 Å². The molecule has 5 heteroatoms. The van der Waals surface area contributed by atoms with E-state index in [0.29, 0.717) is 26.2 Å². The van der Waals surface area contributed by atoms with Crippen molar-refractivity contribution in [3.63, 3.8) is 0 Å². The summed E-state index contributed by atoms with van der Waals surface area (Å²) in [4.78, 5) is 12.7. The number of methoxy groups -OCH3 is 1. The first kappa shape index (κ1) is 13.7. The first-order chi connectivity index (χ1) is 8.81. The maximum atomic E-state index is 11.4. The predicted molar refractivity (Wildman–Crippen MR) is 69.0 cm³/mol. The first-order valence-electron chi connectivity index (χ1n) is 6.08. The molecule has 0 aromatic carbocycles. The van der Waals surface area contributed by atoms with Gasteiger partial charge in [0, 0.05) is 24.8 Å². The van der Waals surface area contributed by atoms with E-state index in [9.17, 15) is 4.79 Å². The monoisotopic (exact) mass is 270 g/mol. The highest BCUT2D eigenvalue weighted by molar-refractivity contribution is 7.09. The number of carbonyl (C=O) groups excluding carboxylic acids is 1. The molecule has 0 radical (unpaired) electrons. The van der Waals surface area contributed by atoms with Gasteiger partial charge in [-0.1, -0.05) is 6.07 Å². The Kier molecular flexibility index (Phi) is 5.31. The van der Waals surface area contributed by atoms with E-state index in [2.05, 4.69) is 11.4 Å². The first-order valence-corrected chi connectivity index (χ1v) is 6.96. The third-order valence-corrected chi connectivity index (χ3v) is 3.84. The number of hydrogen-bond acceptors (Lipinski definition) is 5. The third-order valence-electron chi connectivity index (χ3n) is 2.90. The van der Waals surface area contributed by atoms with Crippen LogP contribution in [0, 0.1) is 0 Å². The number of rotatable bonds is 8. The lowest BCUT2D eigenvalue weighted by molar-refractivity contribution is -0.167. The van der Waals surface area contributed by atoms with Gasteiger partial charge in [-0.15, -0.1) is 11.3 Å². The Balaban J connectivity index is 1.64. The summed E-state index contributed by atoms with van der Waals surface area (Å²) in [5.74, 6) is 0.132. The van der Waals surface area contributed by atoms with E-state index in [1.54, 1.807) is 18.4 Å². The molecule has 0 bridgehead atoms. The lowest BCUT2D eigenvalue weighted by Gasteiger charge is -2.34. The molecule has 1 fully saturated rings. The summed E-state index contributed by atoms with van der Waals surface area (Å²) < 4.78 is 16.0. The average Bonchev–Trinajstić information content (AvgIpc) is 2.86. The van der Waals surface area contributed by atoms with Gasteiger partial charge in [-0.25, -0.2) is 0 Å². The molecular formula is C13H18O4S. The topological polar surface area (TPSA) is 44.8 Å². The number of thiophene rings is 1. The summed E-state index contributed by atoms with van der Waals surface area (Å²) in [5, 5.41) is 2.05. The molecule has 0 N–H and O–H groups in total. The predicted octanol–water partition coefficient (Wildman–Crippen LogP) is 1.68. The molecule has 2 atom stereocenters. The number of Topliss-reactive ketones (excluding diaryl/α,β-unsaturated/α-hetero) is 1. The Morgan fingerprint density at radius 2 is 2.22 bits per heavy atom. The summed E-state index contributed by atoms with van der Waals surface area (Å²) in [6, 6.07) is 4.12. The van der Waals surface area contributed by atoms with Crippen LogP contribution in [0.2, 0.25) is 0 Å². The molecule has 0 amide bonds. The fourth-order valence-corrected chi connectivity index (χ4v) is 2.53. The van der Waals surface area contributed by atoms with Crippen LogP contribution < -0.4 is 0 Å². The average molecular weight is 270 g/mol. The quantitative estimate of drug-likeness (QED) is 0.674. The highest BCUT2D eigenvalue weighted by Gasteiger charge is 2.41. The number of ketones is 1. The van der Waals surface area contributed by atoms with E-state index >= 15 is 0 Å². The van der Waals surface area contributed by atoms with Crippen molar-refractivity contribution in [2.24, 2.45) is 0 Å². The van der Waals surface area contributed by atoms with Crippen molar-refractivity contribution >= 4 is 17.1 Å². The second-order valence-corrected chi connectivity index (χ2v) is 5.23. The minimum Gasteiger partial charge on any atom is -0.382 e. The standard InChI is InChI=1S/C13H18O4S/c1-15-6-7-17-13-11(14)9-12(13)16-5-4-10-3-2-8-18-10/h2-3,8,12-13H,4-7,9H2,1H3. The van der Waals surface area contributed by atoms with Crippen molar-refractivity contribution in [3.8, 4) is 0 Å². The minimum absolute atomic E-state index is 0.0747. The number of hydrogen-bond donors (Lipinski definition) is 0. The van der Waals surface area contributed by atoms with Gasteiger partial charge >= 0.3 is 0 Å². The molecule has 1 saturated carbocycles. The second kappa shape index (κ2) is 6.99. The molecule has 100 valence electrons. The Labute approximate surface area is 111 Å². The molecule has 0 aliphatic heterocycles. The molecule has 1 aliphatic rings. The zero-order valence-electron chi connectivity index (χ0n) is 10.5. The molecule has 2 rings (SSSR count). The van der Waals surface area contributed by atoms with E-state index in [-0.39, 0.29) is 18.0 Å². The second-order valence-electron chi connectivity index (χ2n) is 4.19. The zero-order valence-corrected chi connectivity index (χ0v) is 11.3. The Morgan fingerprint density at radius 1 is 1.33 bits per heavy atom. The summed E-state index contributed by atoms with van der Waals surface area (Å²) in [7, 11) is 1.61. The van der Waals surface area contributed by atoms with E-state index in [0.717, 1.165) is 6.42 Å². The molecule has 1 aromatic heterocycles. The fraction of sp³-hybridized carbons (Fsp3) is 0.615. The van der Waals surface area contributed by atoms with E-state index in [1.165, 1.54) is 4.88 Å². The van der Waals surface area contributed by atoms with Gasteiger partial charge < -0.3 is 14.2 Å². The van der Waals surface area contributed by atoms with Gasteiger partial charge in [0.1, 0.15) is 6.10 Å². The highest BCUT2D eigenvalue weighted by atomic mass is 32.1. The maximum absolute atomic E-state index is 11.4. The summed E-state index contributed by atoms with van der Waals surface area (Å²) >= 11 is 1.72. The number of ether oxygens (including phenoxy) is 3. The molecule has 1 heterocycles. The molecule has 1 aliphatic carbocycles. The van der Waals surface area contributed by atoms with Crippen molar-refractivity contribution in [1.82, 2.24) is 0 Å². The van der Waals surface area contributed by atoms with Crippen LogP contribution >= 0.6 is 11.3 Å². The fourth-order valence-electron chi connectivity index (χ4n) is 1.84.